The maximum atomic E-state index is 10.9. The van der Waals surface area contributed by atoms with Crippen LogP contribution in [0, 0.1) is 0 Å². The number of hydrogen-bond acceptors (Lipinski definition) is 2. The zero-order valence-electron chi connectivity index (χ0n) is 10.3. The molecule has 2 aromatic rings. The Bertz CT molecular complexity index is 612. The quantitative estimate of drug-likeness (QED) is 0.866. The average molecular weight is 244 g/mol. The van der Waals surface area contributed by atoms with Gasteiger partial charge >= 0.3 is 5.97 Å². The van der Waals surface area contributed by atoms with Gasteiger partial charge in [0.1, 0.15) is 0 Å². The number of fused-ring (bicyclic) bond motifs is 1. The summed E-state index contributed by atoms with van der Waals surface area (Å²) >= 11 is 0. The van der Waals surface area contributed by atoms with Crippen molar-refractivity contribution in [3.63, 3.8) is 0 Å². The second kappa shape index (κ2) is 4.14. The lowest BCUT2D eigenvalue weighted by molar-refractivity contribution is 0.0697. The van der Waals surface area contributed by atoms with Crippen molar-refractivity contribution in [2.24, 2.45) is 7.05 Å². The lowest BCUT2D eigenvalue weighted by Crippen LogP contribution is -2.17. The zero-order valence-corrected chi connectivity index (χ0v) is 10.3. The first-order valence-corrected chi connectivity index (χ1v) is 6.20. The number of benzene rings is 1. The largest absolute Gasteiger partial charge is 0.478 e. The Morgan fingerprint density at radius 1 is 1.44 bits per heavy atom. The smallest absolute Gasteiger partial charge is 0.335 e. The van der Waals surface area contributed by atoms with E-state index in [0.29, 0.717) is 11.6 Å². The van der Waals surface area contributed by atoms with Crippen LogP contribution in [0.15, 0.2) is 24.3 Å². The minimum atomic E-state index is -0.876. The summed E-state index contributed by atoms with van der Waals surface area (Å²) in [4.78, 5) is 10.9. The first-order valence-electron chi connectivity index (χ1n) is 6.20. The molecular formula is C14H16N2O2. The van der Waals surface area contributed by atoms with Gasteiger partial charge in [0.25, 0.3) is 0 Å². The van der Waals surface area contributed by atoms with Crippen LogP contribution in [0.3, 0.4) is 0 Å². The van der Waals surface area contributed by atoms with Gasteiger partial charge in [-0.2, -0.15) is 0 Å². The van der Waals surface area contributed by atoms with Crippen LogP contribution >= 0.6 is 0 Å². The van der Waals surface area contributed by atoms with Gasteiger partial charge in [-0.25, -0.2) is 4.79 Å². The van der Waals surface area contributed by atoms with Crippen molar-refractivity contribution >= 4 is 16.9 Å². The molecule has 1 fully saturated rings. The van der Waals surface area contributed by atoms with Gasteiger partial charge in [0.15, 0.2) is 0 Å². The number of aromatic carboxylic acids is 1. The van der Waals surface area contributed by atoms with E-state index in [1.165, 1.54) is 18.5 Å². The summed E-state index contributed by atoms with van der Waals surface area (Å²) in [6.45, 7) is 0.845. The van der Waals surface area contributed by atoms with Crippen LogP contribution < -0.4 is 5.32 Å². The average Bonchev–Trinajstić information content (AvgIpc) is 3.12. The maximum Gasteiger partial charge on any atom is 0.335 e. The van der Waals surface area contributed by atoms with E-state index in [4.69, 9.17) is 5.11 Å². The molecule has 1 aliphatic rings. The first-order chi connectivity index (χ1) is 8.65. The van der Waals surface area contributed by atoms with E-state index in [1.807, 2.05) is 13.1 Å². The summed E-state index contributed by atoms with van der Waals surface area (Å²) in [5.41, 5.74) is 2.61. The second-order valence-corrected chi connectivity index (χ2v) is 4.93. The number of nitrogens with one attached hydrogen (secondary N) is 1. The van der Waals surface area contributed by atoms with Crippen molar-refractivity contribution in [3.05, 3.63) is 35.5 Å². The molecule has 0 unspecified atom stereocenters. The Morgan fingerprint density at radius 2 is 2.22 bits per heavy atom. The Labute approximate surface area is 105 Å². The Balaban J connectivity index is 1.94. The third-order valence-electron chi connectivity index (χ3n) is 3.54. The van der Waals surface area contributed by atoms with Crippen molar-refractivity contribution in [2.45, 2.75) is 25.4 Å². The Kier molecular flexibility index (Phi) is 2.59. The molecule has 4 heteroatoms. The molecule has 3 rings (SSSR count). The van der Waals surface area contributed by atoms with Crippen molar-refractivity contribution in [3.8, 4) is 0 Å². The van der Waals surface area contributed by atoms with E-state index in [-0.39, 0.29) is 0 Å². The number of nitrogens with zero attached hydrogens (tertiary/aromatic N) is 1. The maximum absolute atomic E-state index is 10.9. The molecular weight excluding hydrogens is 228 g/mol. The summed E-state index contributed by atoms with van der Waals surface area (Å²) in [6, 6.07) is 8.01. The molecule has 0 atom stereocenters. The van der Waals surface area contributed by atoms with E-state index < -0.39 is 5.97 Å². The molecule has 1 aromatic carbocycles. The number of rotatable bonds is 4. The minimum Gasteiger partial charge on any atom is -0.478 e. The normalized spacial score (nSPS) is 15.2. The van der Waals surface area contributed by atoms with Crippen molar-refractivity contribution in [2.75, 3.05) is 0 Å². The number of carboxylic acids is 1. The molecule has 0 radical (unpaired) electrons. The highest BCUT2D eigenvalue weighted by molar-refractivity contribution is 5.93. The standard InChI is InChI=1S/C14H16N2O2/c1-16-12(8-15-11-3-4-11)7-10-6-9(14(17)18)2-5-13(10)16/h2,5-7,11,15H,3-4,8H2,1H3,(H,17,18). The van der Waals surface area contributed by atoms with Crippen LogP contribution in [0.1, 0.15) is 28.9 Å². The molecule has 1 saturated carbocycles. The third kappa shape index (κ3) is 1.99. The molecule has 4 nitrogen and oxygen atoms in total. The molecule has 0 aliphatic heterocycles. The molecule has 1 heterocycles. The van der Waals surface area contributed by atoms with Crippen LogP contribution in [0.4, 0.5) is 0 Å². The van der Waals surface area contributed by atoms with Gasteiger partial charge in [-0.3, -0.25) is 0 Å². The van der Waals surface area contributed by atoms with E-state index in [9.17, 15) is 4.79 Å². The van der Waals surface area contributed by atoms with Gasteiger partial charge in [-0.05, 0) is 37.1 Å². The van der Waals surface area contributed by atoms with Gasteiger partial charge in [0.2, 0.25) is 0 Å². The molecule has 0 saturated heterocycles. The fraction of sp³-hybridized carbons (Fsp3) is 0.357. The van der Waals surface area contributed by atoms with Crippen molar-refractivity contribution in [1.82, 2.24) is 9.88 Å². The molecule has 18 heavy (non-hydrogen) atoms. The predicted molar refractivity (Wildman–Crippen MR) is 69.7 cm³/mol. The van der Waals surface area contributed by atoms with Crippen LogP contribution in [-0.2, 0) is 13.6 Å². The molecule has 94 valence electrons. The highest BCUT2D eigenvalue weighted by atomic mass is 16.4. The van der Waals surface area contributed by atoms with Crippen LogP contribution in [0.5, 0.6) is 0 Å². The minimum absolute atomic E-state index is 0.342. The van der Waals surface area contributed by atoms with Crippen LogP contribution in [-0.4, -0.2) is 21.7 Å². The number of carbonyl (C=O) groups is 1. The number of hydrogen-bond donors (Lipinski definition) is 2. The topological polar surface area (TPSA) is 54.3 Å². The summed E-state index contributed by atoms with van der Waals surface area (Å²) in [5.74, 6) is -0.876. The Hall–Kier alpha value is -1.81. The second-order valence-electron chi connectivity index (χ2n) is 4.93. The van der Waals surface area contributed by atoms with E-state index in [2.05, 4.69) is 16.0 Å². The van der Waals surface area contributed by atoms with Gasteiger partial charge < -0.3 is 15.0 Å². The van der Waals surface area contributed by atoms with Crippen LogP contribution in [0.25, 0.3) is 10.9 Å². The summed E-state index contributed by atoms with van der Waals surface area (Å²) in [5, 5.41) is 13.5. The van der Waals surface area contributed by atoms with Gasteiger partial charge in [0.05, 0.1) is 5.56 Å². The van der Waals surface area contributed by atoms with Gasteiger partial charge in [0, 0.05) is 36.2 Å². The van der Waals surface area contributed by atoms with Gasteiger partial charge in [-0.15, -0.1) is 0 Å². The first kappa shape index (κ1) is 11.3. The van der Waals surface area contributed by atoms with Crippen LogP contribution in [0.2, 0.25) is 0 Å². The molecule has 1 aliphatic carbocycles. The Morgan fingerprint density at radius 3 is 2.89 bits per heavy atom. The molecule has 0 amide bonds. The monoisotopic (exact) mass is 244 g/mol. The van der Waals surface area contributed by atoms with E-state index in [0.717, 1.165) is 17.4 Å². The number of aromatic nitrogens is 1. The predicted octanol–water partition coefficient (Wildman–Crippen LogP) is 2.13. The molecule has 0 bridgehead atoms. The lowest BCUT2D eigenvalue weighted by atomic mass is 10.1. The highest BCUT2D eigenvalue weighted by Crippen LogP contribution is 2.23. The van der Waals surface area contributed by atoms with E-state index >= 15 is 0 Å². The fourth-order valence-corrected chi connectivity index (χ4v) is 2.25. The van der Waals surface area contributed by atoms with Crippen molar-refractivity contribution < 1.29 is 9.90 Å². The van der Waals surface area contributed by atoms with Gasteiger partial charge in [-0.1, -0.05) is 0 Å². The molecule has 0 spiro atoms. The molecule has 1 aromatic heterocycles. The zero-order chi connectivity index (χ0) is 12.7. The third-order valence-corrected chi connectivity index (χ3v) is 3.54. The molecule has 2 N–H and O–H groups in total. The highest BCUT2D eigenvalue weighted by Gasteiger charge is 2.20. The summed E-state index contributed by atoms with van der Waals surface area (Å²) in [6.07, 6.45) is 2.54. The van der Waals surface area contributed by atoms with E-state index in [1.54, 1.807) is 12.1 Å². The number of carboxylic acid groups (broad SMARTS) is 1. The summed E-state index contributed by atoms with van der Waals surface area (Å²) < 4.78 is 2.12. The SMILES string of the molecule is Cn1c(CNC2CC2)cc2cc(C(=O)O)ccc21. The van der Waals surface area contributed by atoms with Crippen molar-refractivity contribution in [1.29, 1.82) is 0 Å². The summed E-state index contributed by atoms with van der Waals surface area (Å²) in [7, 11) is 2.02. The lowest BCUT2D eigenvalue weighted by Gasteiger charge is -2.05. The fourth-order valence-electron chi connectivity index (χ4n) is 2.25. The number of aryl methyl sites for hydroxylation is 1.